The van der Waals surface area contributed by atoms with E-state index in [0.29, 0.717) is 12.1 Å². The van der Waals surface area contributed by atoms with Crippen LogP contribution in [0.5, 0.6) is 0 Å². The van der Waals surface area contributed by atoms with Crippen LogP contribution in [0.15, 0.2) is 24.3 Å². The molecule has 0 radical (unpaired) electrons. The van der Waals surface area contributed by atoms with Crippen LogP contribution in [0.25, 0.3) is 0 Å². The summed E-state index contributed by atoms with van der Waals surface area (Å²) in [7, 11) is 0. The van der Waals surface area contributed by atoms with Crippen LogP contribution >= 0.6 is 0 Å². The van der Waals surface area contributed by atoms with Gasteiger partial charge in [-0.15, -0.1) is 0 Å². The first-order chi connectivity index (χ1) is 9.66. The highest BCUT2D eigenvalue weighted by Gasteiger charge is 2.14. The smallest absolute Gasteiger partial charge is 0.269 e. The first-order valence-corrected chi connectivity index (χ1v) is 7.19. The molecule has 20 heavy (non-hydrogen) atoms. The fourth-order valence-corrected chi connectivity index (χ4v) is 2.73. The number of benzene rings is 1. The maximum absolute atomic E-state index is 11.8. The maximum atomic E-state index is 11.8. The molecule has 108 valence electrons. The number of hydrogen-bond acceptors (Lipinski definition) is 3. The molecule has 0 spiro atoms. The Morgan fingerprint density at radius 3 is 2.50 bits per heavy atom. The molecule has 1 N–H and O–H groups in total. The maximum Gasteiger partial charge on any atom is 0.269 e. The number of nitrogens with zero attached hydrogens (tertiary/aromatic N) is 1. The second kappa shape index (κ2) is 7.03. The van der Waals surface area contributed by atoms with Crippen LogP contribution in [0, 0.1) is 16.0 Å². The van der Waals surface area contributed by atoms with Gasteiger partial charge in [0, 0.05) is 24.2 Å². The lowest BCUT2D eigenvalue weighted by Crippen LogP contribution is -2.24. The van der Waals surface area contributed by atoms with Crippen molar-refractivity contribution in [2.75, 3.05) is 6.54 Å². The summed E-state index contributed by atoms with van der Waals surface area (Å²) >= 11 is 0. The minimum atomic E-state index is -0.469. The van der Waals surface area contributed by atoms with E-state index >= 15 is 0 Å². The largest absolute Gasteiger partial charge is 0.352 e. The summed E-state index contributed by atoms with van der Waals surface area (Å²) in [5, 5.41) is 13.4. The van der Waals surface area contributed by atoms with Crippen LogP contribution in [0.2, 0.25) is 0 Å². The summed E-state index contributed by atoms with van der Waals surface area (Å²) in [4.78, 5) is 21.9. The second-order valence-electron chi connectivity index (χ2n) is 5.35. The Morgan fingerprint density at radius 1 is 1.25 bits per heavy atom. The average Bonchev–Trinajstić information content (AvgIpc) is 2.96. The number of amides is 1. The summed E-state index contributed by atoms with van der Waals surface area (Å²) < 4.78 is 0. The standard InChI is InChI=1S/C15H20N2O3/c18-15(13-7-9-14(10-8-13)17(19)20)16-11-3-6-12-4-1-2-5-12/h7-10,12H,1-6,11H2,(H,16,18). The van der Waals surface area contributed by atoms with E-state index in [-0.39, 0.29) is 11.6 Å². The van der Waals surface area contributed by atoms with Gasteiger partial charge in [-0.25, -0.2) is 0 Å². The Labute approximate surface area is 118 Å². The number of nitro benzene ring substituents is 1. The molecule has 1 aliphatic carbocycles. The van der Waals surface area contributed by atoms with Gasteiger partial charge in [-0.2, -0.15) is 0 Å². The molecule has 0 heterocycles. The zero-order valence-electron chi connectivity index (χ0n) is 11.5. The molecular formula is C15H20N2O3. The number of carbonyl (C=O) groups excluding carboxylic acids is 1. The van der Waals surface area contributed by atoms with Gasteiger partial charge in [0.15, 0.2) is 0 Å². The molecule has 0 unspecified atom stereocenters. The van der Waals surface area contributed by atoms with E-state index < -0.39 is 4.92 Å². The zero-order valence-corrected chi connectivity index (χ0v) is 11.5. The van der Waals surface area contributed by atoms with Crippen LogP contribution < -0.4 is 5.32 Å². The van der Waals surface area contributed by atoms with Crippen molar-refractivity contribution in [1.82, 2.24) is 5.32 Å². The molecule has 1 aromatic rings. The number of non-ortho nitro benzene ring substituents is 1. The van der Waals surface area contributed by atoms with E-state index in [1.807, 2.05) is 0 Å². The predicted octanol–water partition coefficient (Wildman–Crippen LogP) is 3.30. The minimum Gasteiger partial charge on any atom is -0.352 e. The van der Waals surface area contributed by atoms with Crippen LogP contribution in [0.1, 0.15) is 48.9 Å². The van der Waals surface area contributed by atoms with Crippen LogP contribution in [-0.2, 0) is 0 Å². The molecular weight excluding hydrogens is 256 g/mol. The van der Waals surface area contributed by atoms with Gasteiger partial charge in [-0.3, -0.25) is 14.9 Å². The fourth-order valence-electron chi connectivity index (χ4n) is 2.73. The molecule has 0 bridgehead atoms. The highest BCUT2D eigenvalue weighted by Crippen LogP contribution is 2.28. The molecule has 0 aromatic heterocycles. The van der Waals surface area contributed by atoms with Crippen molar-refractivity contribution in [2.45, 2.75) is 38.5 Å². The number of nitro groups is 1. The Hall–Kier alpha value is -1.91. The number of nitrogens with one attached hydrogen (secondary N) is 1. The van der Waals surface area contributed by atoms with Crippen molar-refractivity contribution in [1.29, 1.82) is 0 Å². The molecule has 1 saturated carbocycles. The Balaban J connectivity index is 1.72. The minimum absolute atomic E-state index is 0.00258. The summed E-state index contributed by atoms with van der Waals surface area (Å²) in [6, 6.07) is 5.69. The van der Waals surface area contributed by atoms with Crippen LogP contribution in [0.3, 0.4) is 0 Å². The lowest BCUT2D eigenvalue weighted by molar-refractivity contribution is -0.384. The van der Waals surface area contributed by atoms with Gasteiger partial charge >= 0.3 is 0 Å². The predicted molar refractivity (Wildman–Crippen MR) is 76.6 cm³/mol. The van der Waals surface area contributed by atoms with Gasteiger partial charge in [0.2, 0.25) is 0 Å². The summed E-state index contributed by atoms with van der Waals surface area (Å²) in [5.41, 5.74) is 0.472. The Kier molecular flexibility index (Phi) is 5.09. The number of carbonyl (C=O) groups is 1. The van der Waals surface area contributed by atoms with E-state index in [1.54, 1.807) is 0 Å². The molecule has 0 atom stereocenters. The highest BCUT2D eigenvalue weighted by atomic mass is 16.6. The number of rotatable bonds is 6. The summed E-state index contributed by atoms with van der Waals surface area (Å²) in [5.74, 6) is 0.678. The molecule has 2 rings (SSSR count). The molecule has 5 nitrogen and oxygen atoms in total. The van der Waals surface area contributed by atoms with Crippen LogP contribution in [0.4, 0.5) is 5.69 Å². The normalized spacial score (nSPS) is 15.2. The molecule has 0 saturated heterocycles. The summed E-state index contributed by atoms with van der Waals surface area (Å²) in [6.45, 7) is 0.673. The van der Waals surface area contributed by atoms with E-state index in [0.717, 1.165) is 12.3 Å². The molecule has 5 heteroatoms. The first-order valence-electron chi connectivity index (χ1n) is 7.19. The van der Waals surface area contributed by atoms with Crippen LogP contribution in [-0.4, -0.2) is 17.4 Å². The zero-order chi connectivity index (χ0) is 14.4. The lowest BCUT2D eigenvalue weighted by Gasteiger charge is -2.09. The molecule has 1 fully saturated rings. The van der Waals surface area contributed by atoms with Crippen molar-refractivity contribution in [3.05, 3.63) is 39.9 Å². The molecule has 1 aliphatic rings. The van der Waals surface area contributed by atoms with E-state index in [2.05, 4.69) is 5.32 Å². The first kappa shape index (κ1) is 14.5. The molecule has 1 amide bonds. The highest BCUT2D eigenvalue weighted by molar-refractivity contribution is 5.94. The van der Waals surface area contributed by atoms with Crippen molar-refractivity contribution >= 4 is 11.6 Å². The number of hydrogen-bond donors (Lipinski definition) is 1. The third kappa shape index (κ3) is 4.05. The van der Waals surface area contributed by atoms with Crippen molar-refractivity contribution < 1.29 is 9.72 Å². The second-order valence-corrected chi connectivity index (χ2v) is 5.35. The van der Waals surface area contributed by atoms with Crippen molar-refractivity contribution in [3.63, 3.8) is 0 Å². The summed E-state index contributed by atoms with van der Waals surface area (Å²) in [6.07, 6.45) is 7.54. The fraction of sp³-hybridized carbons (Fsp3) is 0.533. The van der Waals surface area contributed by atoms with Gasteiger partial charge < -0.3 is 5.32 Å². The Bertz CT molecular complexity index is 465. The lowest BCUT2D eigenvalue weighted by atomic mass is 10.0. The van der Waals surface area contributed by atoms with Gasteiger partial charge in [0.25, 0.3) is 11.6 Å². The van der Waals surface area contributed by atoms with Crippen molar-refractivity contribution in [2.24, 2.45) is 5.92 Å². The van der Waals surface area contributed by atoms with E-state index in [9.17, 15) is 14.9 Å². The van der Waals surface area contributed by atoms with E-state index in [1.165, 1.54) is 56.4 Å². The van der Waals surface area contributed by atoms with Gasteiger partial charge in [0.1, 0.15) is 0 Å². The topological polar surface area (TPSA) is 72.2 Å². The van der Waals surface area contributed by atoms with E-state index in [4.69, 9.17) is 0 Å². The SMILES string of the molecule is O=C(NCCCC1CCCC1)c1ccc([N+](=O)[O-])cc1. The third-order valence-electron chi connectivity index (χ3n) is 3.89. The average molecular weight is 276 g/mol. The quantitative estimate of drug-likeness (QED) is 0.492. The van der Waals surface area contributed by atoms with Crippen molar-refractivity contribution in [3.8, 4) is 0 Å². The van der Waals surface area contributed by atoms with Gasteiger partial charge in [0.05, 0.1) is 4.92 Å². The van der Waals surface area contributed by atoms with Gasteiger partial charge in [-0.05, 0) is 30.9 Å². The Morgan fingerprint density at radius 2 is 1.90 bits per heavy atom. The monoisotopic (exact) mass is 276 g/mol. The third-order valence-corrected chi connectivity index (χ3v) is 3.89. The molecule has 0 aliphatic heterocycles. The molecule has 1 aromatic carbocycles. The van der Waals surface area contributed by atoms with Gasteiger partial charge in [-0.1, -0.05) is 25.7 Å².